The Kier molecular flexibility index (Phi) is 4.15. The molecule has 1 fully saturated rings. The molecule has 2 atom stereocenters. The molecule has 96 valence electrons. The first-order valence-corrected chi connectivity index (χ1v) is 6.11. The molecule has 0 bridgehead atoms. The van der Waals surface area contributed by atoms with Gasteiger partial charge in [0.05, 0.1) is 5.60 Å². The Bertz CT molecular complexity index is 341. The Hall–Kier alpha value is -1.09. The van der Waals surface area contributed by atoms with Crippen LogP contribution in [0.25, 0.3) is 0 Å². The monoisotopic (exact) mass is 238 g/mol. The van der Waals surface area contributed by atoms with Gasteiger partial charge >= 0.3 is 5.97 Å². The van der Waals surface area contributed by atoms with E-state index < -0.39 is 11.6 Å². The highest BCUT2D eigenvalue weighted by Crippen LogP contribution is 2.47. The van der Waals surface area contributed by atoms with Crippen molar-refractivity contribution >= 4 is 5.97 Å². The molecule has 0 heterocycles. The minimum Gasteiger partial charge on any atom is -0.478 e. The van der Waals surface area contributed by atoms with Crippen LogP contribution in [0, 0.1) is 11.3 Å². The van der Waals surface area contributed by atoms with Crippen LogP contribution in [0.4, 0.5) is 0 Å². The van der Waals surface area contributed by atoms with Crippen LogP contribution in [-0.4, -0.2) is 21.8 Å². The number of carboxylic acid groups (broad SMARTS) is 1. The number of allylic oxidation sites excluding steroid dienone is 2. The lowest BCUT2D eigenvalue weighted by molar-refractivity contribution is -0.131. The molecule has 0 saturated heterocycles. The molecule has 0 radical (unpaired) electrons. The predicted octanol–water partition coefficient (Wildman–Crippen LogP) is 2.76. The van der Waals surface area contributed by atoms with Crippen molar-refractivity contribution in [1.82, 2.24) is 0 Å². The number of aliphatic carboxylic acids is 1. The lowest BCUT2D eigenvalue weighted by atomic mass is 9.60. The fraction of sp³-hybridized carbons (Fsp3) is 0.643. The minimum absolute atomic E-state index is 0.168. The summed E-state index contributed by atoms with van der Waals surface area (Å²) >= 11 is 0. The molecule has 2 N–H and O–H groups in total. The van der Waals surface area contributed by atoms with Crippen molar-refractivity contribution in [2.75, 3.05) is 0 Å². The van der Waals surface area contributed by atoms with Crippen molar-refractivity contribution in [2.45, 2.75) is 45.6 Å². The quantitative estimate of drug-likeness (QED) is 0.587. The molecule has 1 aliphatic carbocycles. The molecule has 17 heavy (non-hydrogen) atoms. The van der Waals surface area contributed by atoms with E-state index in [0.717, 1.165) is 25.3 Å². The van der Waals surface area contributed by atoms with Crippen molar-refractivity contribution in [3.63, 3.8) is 0 Å². The number of hydrogen-bond donors (Lipinski definition) is 2. The van der Waals surface area contributed by atoms with E-state index in [9.17, 15) is 9.90 Å². The van der Waals surface area contributed by atoms with E-state index in [1.54, 1.807) is 12.2 Å². The molecule has 0 aromatic heterocycles. The van der Waals surface area contributed by atoms with Gasteiger partial charge in [-0.2, -0.15) is 0 Å². The van der Waals surface area contributed by atoms with Gasteiger partial charge in [-0.1, -0.05) is 45.4 Å². The second kappa shape index (κ2) is 5.05. The SMILES string of the molecule is C[C@H]1CCCC(C)(C)[C@@]1(O)C=CC=CC(=O)O. The predicted molar refractivity (Wildman–Crippen MR) is 67.7 cm³/mol. The first-order chi connectivity index (χ1) is 7.79. The van der Waals surface area contributed by atoms with Gasteiger partial charge in [-0.3, -0.25) is 0 Å². The highest BCUT2D eigenvalue weighted by molar-refractivity contribution is 5.80. The van der Waals surface area contributed by atoms with Gasteiger partial charge in [-0.25, -0.2) is 4.79 Å². The third-order valence-corrected chi connectivity index (χ3v) is 3.97. The molecular formula is C14H22O3. The molecule has 0 spiro atoms. The van der Waals surface area contributed by atoms with Crippen LogP contribution in [0.3, 0.4) is 0 Å². The summed E-state index contributed by atoms with van der Waals surface area (Å²) in [6.07, 6.45) is 9.04. The number of carbonyl (C=O) groups is 1. The summed E-state index contributed by atoms with van der Waals surface area (Å²) in [5.41, 5.74) is -1.02. The van der Waals surface area contributed by atoms with Gasteiger partial charge in [-0.05, 0) is 24.2 Å². The summed E-state index contributed by atoms with van der Waals surface area (Å²) in [5.74, 6) is -0.779. The summed E-state index contributed by atoms with van der Waals surface area (Å²) < 4.78 is 0. The van der Waals surface area contributed by atoms with Gasteiger partial charge in [0.15, 0.2) is 0 Å². The zero-order valence-electron chi connectivity index (χ0n) is 10.8. The molecule has 0 unspecified atom stereocenters. The smallest absolute Gasteiger partial charge is 0.328 e. The molecule has 1 rings (SSSR count). The molecule has 3 heteroatoms. The fourth-order valence-electron chi connectivity index (χ4n) is 2.67. The summed E-state index contributed by atoms with van der Waals surface area (Å²) in [7, 11) is 0. The third-order valence-electron chi connectivity index (χ3n) is 3.97. The van der Waals surface area contributed by atoms with Gasteiger partial charge in [0, 0.05) is 6.08 Å². The van der Waals surface area contributed by atoms with Crippen LogP contribution in [0.15, 0.2) is 24.3 Å². The highest BCUT2D eigenvalue weighted by atomic mass is 16.4. The number of hydrogen-bond acceptors (Lipinski definition) is 2. The highest BCUT2D eigenvalue weighted by Gasteiger charge is 2.47. The average Bonchev–Trinajstić information content (AvgIpc) is 2.21. The van der Waals surface area contributed by atoms with Gasteiger partial charge in [-0.15, -0.1) is 0 Å². The molecule has 3 nitrogen and oxygen atoms in total. The third kappa shape index (κ3) is 2.97. The van der Waals surface area contributed by atoms with E-state index in [1.807, 2.05) is 6.92 Å². The Labute approximate surface area is 103 Å². The van der Waals surface area contributed by atoms with Crippen molar-refractivity contribution in [3.05, 3.63) is 24.3 Å². The molecule has 1 saturated carbocycles. The number of aliphatic hydroxyl groups is 1. The Morgan fingerprint density at radius 2 is 2.00 bits per heavy atom. The van der Waals surface area contributed by atoms with Crippen LogP contribution in [0.2, 0.25) is 0 Å². The molecule has 0 aliphatic heterocycles. The van der Waals surface area contributed by atoms with E-state index in [-0.39, 0.29) is 11.3 Å². The normalized spacial score (nSPS) is 33.3. The standard InChI is InChI=1S/C14H22O3/c1-11-7-6-9-13(2,3)14(11,17)10-5-4-8-12(15)16/h4-5,8,10-11,17H,6-7,9H2,1-3H3,(H,15,16)/t11-,14+/m0/s1. The van der Waals surface area contributed by atoms with Crippen LogP contribution in [0.1, 0.15) is 40.0 Å². The number of carboxylic acids is 1. The fourth-order valence-corrected chi connectivity index (χ4v) is 2.67. The zero-order chi connectivity index (χ0) is 13.1. The summed E-state index contributed by atoms with van der Waals surface area (Å²) in [4.78, 5) is 10.3. The Balaban J connectivity index is 2.86. The van der Waals surface area contributed by atoms with E-state index >= 15 is 0 Å². The lowest BCUT2D eigenvalue weighted by Crippen LogP contribution is -2.50. The van der Waals surface area contributed by atoms with Crippen molar-refractivity contribution in [3.8, 4) is 0 Å². The Morgan fingerprint density at radius 1 is 1.35 bits per heavy atom. The van der Waals surface area contributed by atoms with E-state index in [1.165, 1.54) is 6.08 Å². The van der Waals surface area contributed by atoms with Crippen molar-refractivity contribution in [2.24, 2.45) is 11.3 Å². The Morgan fingerprint density at radius 3 is 2.53 bits per heavy atom. The van der Waals surface area contributed by atoms with Crippen LogP contribution >= 0.6 is 0 Å². The van der Waals surface area contributed by atoms with Gasteiger partial charge in [0.1, 0.15) is 0 Å². The first kappa shape index (κ1) is 14.0. The van der Waals surface area contributed by atoms with Crippen LogP contribution < -0.4 is 0 Å². The lowest BCUT2D eigenvalue weighted by Gasteiger charge is -2.49. The van der Waals surface area contributed by atoms with Crippen molar-refractivity contribution in [1.29, 1.82) is 0 Å². The summed E-state index contributed by atoms with van der Waals surface area (Å²) in [6, 6.07) is 0. The molecule has 1 aliphatic rings. The van der Waals surface area contributed by atoms with Gasteiger partial charge in [0.25, 0.3) is 0 Å². The average molecular weight is 238 g/mol. The second-order valence-corrected chi connectivity index (χ2v) is 5.56. The van der Waals surface area contributed by atoms with Gasteiger partial charge < -0.3 is 10.2 Å². The largest absolute Gasteiger partial charge is 0.478 e. The number of rotatable bonds is 3. The molecule has 0 amide bonds. The molecule has 0 aromatic rings. The summed E-state index contributed by atoms with van der Waals surface area (Å²) in [6.45, 7) is 6.17. The maximum atomic E-state index is 10.8. The second-order valence-electron chi connectivity index (χ2n) is 5.56. The zero-order valence-corrected chi connectivity index (χ0v) is 10.8. The maximum Gasteiger partial charge on any atom is 0.328 e. The van der Waals surface area contributed by atoms with Crippen LogP contribution in [0.5, 0.6) is 0 Å². The molecular weight excluding hydrogens is 216 g/mol. The topological polar surface area (TPSA) is 57.5 Å². The van der Waals surface area contributed by atoms with E-state index in [4.69, 9.17) is 5.11 Å². The minimum atomic E-state index is -0.974. The first-order valence-electron chi connectivity index (χ1n) is 6.11. The van der Waals surface area contributed by atoms with Crippen LogP contribution in [-0.2, 0) is 4.79 Å². The molecule has 0 aromatic carbocycles. The summed E-state index contributed by atoms with van der Waals surface area (Å²) in [5, 5.41) is 19.3. The van der Waals surface area contributed by atoms with Crippen molar-refractivity contribution < 1.29 is 15.0 Å². The van der Waals surface area contributed by atoms with E-state index in [2.05, 4.69) is 13.8 Å². The maximum absolute atomic E-state index is 10.8. The van der Waals surface area contributed by atoms with E-state index in [0.29, 0.717) is 0 Å². The van der Waals surface area contributed by atoms with Gasteiger partial charge in [0.2, 0.25) is 0 Å².